The van der Waals surface area contributed by atoms with Gasteiger partial charge >= 0.3 is 11.9 Å². The van der Waals surface area contributed by atoms with Gasteiger partial charge < -0.3 is 29.5 Å². The topological polar surface area (TPSA) is 131 Å². The number of ether oxygens (including phenoxy) is 3. The summed E-state index contributed by atoms with van der Waals surface area (Å²) in [5.74, 6) is -2.11. The summed E-state index contributed by atoms with van der Waals surface area (Å²) < 4.78 is 15.6. The minimum atomic E-state index is -0.862. The van der Waals surface area contributed by atoms with Gasteiger partial charge in [0.1, 0.15) is 11.4 Å². The van der Waals surface area contributed by atoms with Crippen LogP contribution in [0.1, 0.15) is 39.7 Å². The smallest absolute Gasteiger partial charge is 0.358 e. The van der Waals surface area contributed by atoms with Crippen LogP contribution in [0.4, 0.5) is 0 Å². The number of fused-ring (bicyclic) bond motifs is 1. The minimum Gasteiger partial charge on any atom is -0.484 e. The van der Waals surface area contributed by atoms with Crippen LogP contribution in [-0.4, -0.2) is 66.4 Å². The summed E-state index contributed by atoms with van der Waals surface area (Å²) in [6.07, 6.45) is -0.509. The number of aliphatic hydroxyl groups excluding tert-OH is 1. The number of hydrogen-bond acceptors (Lipinski definition) is 8. The van der Waals surface area contributed by atoms with Gasteiger partial charge in [-0.3, -0.25) is 14.4 Å². The van der Waals surface area contributed by atoms with Crippen molar-refractivity contribution in [1.29, 1.82) is 0 Å². The number of benzene rings is 1. The first-order valence-corrected chi connectivity index (χ1v) is 11.0. The van der Waals surface area contributed by atoms with Crippen molar-refractivity contribution in [2.75, 3.05) is 20.4 Å². The second-order valence-corrected chi connectivity index (χ2v) is 9.29. The van der Waals surface area contributed by atoms with Gasteiger partial charge in [0, 0.05) is 7.05 Å². The first-order valence-electron chi connectivity index (χ1n) is 11.0. The third-order valence-electron chi connectivity index (χ3n) is 5.77. The molecule has 0 saturated carbocycles. The normalized spacial score (nSPS) is 20.3. The van der Waals surface area contributed by atoms with E-state index >= 15 is 0 Å². The molecule has 2 amide bonds. The molecular formula is C24H30N2O8. The number of β-lactam (4-membered cyclic amide) rings is 1. The predicted octanol–water partition coefficient (Wildman–Crippen LogP) is 1.22. The molecule has 1 aromatic rings. The van der Waals surface area contributed by atoms with Crippen molar-refractivity contribution < 1.29 is 38.5 Å². The molecule has 0 spiro atoms. The standard InChI is InChI=1S/C24H30N2O8/c1-13(27)19-17-10-16(14-6-8-15(9-7-14)32-11-18(28)25-5)20(26(17)21(19)29)22(30)33-12-34-23(31)24(2,3)4/h6-9,13,17,19,27H,10-12H2,1-5H3,(H,25,28)/t13-,17-,19-/m1/s1. The lowest BCUT2D eigenvalue weighted by molar-refractivity contribution is -0.175. The molecule has 2 aliphatic rings. The van der Waals surface area contributed by atoms with Gasteiger partial charge in [0.2, 0.25) is 12.7 Å². The largest absolute Gasteiger partial charge is 0.484 e. The Morgan fingerprint density at radius 1 is 1.18 bits per heavy atom. The lowest BCUT2D eigenvalue weighted by Gasteiger charge is -2.44. The van der Waals surface area contributed by atoms with Crippen molar-refractivity contribution >= 4 is 29.3 Å². The zero-order valence-electron chi connectivity index (χ0n) is 19.9. The molecule has 184 valence electrons. The molecule has 0 radical (unpaired) electrons. The number of aliphatic hydroxyl groups is 1. The number of likely N-dealkylation sites (N-methyl/N-ethyl adjacent to an activating group) is 1. The number of esters is 2. The van der Waals surface area contributed by atoms with E-state index in [1.807, 2.05) is 0 Å². The Labute approximate surface area is 197 Å². The number of carbonyl (C=O) groups excluding carboxylic acids is 4. The maximum Gasteiger partial charge on any atom is 0.358 e. The lowest BCUT2D eigenvalue weighted by Crippen LogP contribution is -2.61. The van der Waals surface area contributed by atoms with Crippen LogP contribution in [-0.2, 0) is 28.7 Å². The Hall–Kier alpha value is -3.40. The molecule has 2 heterocycles. The molecule has 1 aromatic carbocycles. The third-order valence-corrected chi connectivity index (χ3v) is 5.77. The summed E-state index contributed by atoms with van der Waals surface area (Å²) in [7, 11) is 1.51. The Bertz CT molecular complexity index is 1010. The molecule has 2 aliphatic heterocycles. The highest BCUT2D eigenvalue weighted by atomic mass is 16.7. The highest BCUT2D eigenvalue weighted by molar-refractivity contribution is 6.06. The van der Waals surface area contributed by atoms with E-state index in [0.717, 1.165) is 0 Å². The van der Waals surface area contributed by atoms with Crippen molar-refractivity contribution in [1.82, 2.24) is 10.2 Å². The van der Waals surface area contributed by atoms with Crippen LogP contribution in [0.25, 0.3) is 5.57 Å². The quantitative estimate of drug-likeness (QED) is 0.327. The molecule has 1 fully saturated rings. The average molecular weight is 475 g/mol. The number of nitrogens with one attached hydrogen (secondary N) is 1. The van der Waals surface area contributed by atoms with Crippen LogP contribution in [0.3, 0.4) is 0 Å². The zero-order valence-corrected chi connectivity index (χ0v) is 19.9. The Kier molecular flexibility index (Phi) is 7.30. The van der Waals surface area contributed by atoms with Crippen molar-refractivity contribution in [3.63, 3.8) is 0 Å². The van der Waals surface area contributed by atoms with Crippen LogP contribution < -0.4 is 10.1 Å². The van der Waals surface area contributed by atoms with E-state index in [4.69, 9.17) is 14.2 Å². The summed E-state index contributed by atoms with van der Waals surface area (Å²) in [5.41, 5.74) is 0.552. The van der Waals surface area contributed by atoms with Gasteiger partial charge in [-0.15, -0.1) is 0 Å². The molecule has 10 nitrogen and oxygen atoms in total. The number of amides is 2. The Balaban J connectivity index is 1.81. The Morgan fingerprint density at radius 3 is 2.38 bits per heavy atom. The molecule has 3 rings (SSSR count). The second kappa shape index (κ2) is 9.84. The minimum absolute atomic E-state index is 0.0673. The third kappa shape index (κ3) is 5.06. The van der Waals surface area contributed by atoms with Crippen LogP contribution >= 0.6 is 0 Å². The highest BCUT2D eigenvalue weighted by Gasteiger charge is 2.57. The maximum absolute atomic E-state index is 13.0. The van der Waals surface area contributed by atoms with Gasteiger partial charge in [-0.05, 0) is 57.4 Å². The first-order chi connectivity index (χ1) is 16.0. The van der Waals surface area contributed by atoms with Crippen molar-refractivity contribution in [3.05, 3.63) is 35.5 Å². The average Bonchev–Trinajstić information content (AvgIpc) is 3.11. The van der Waals surface area contributed by atoms with Crippen LogP contribution in [0.5, 0.6) is 5.75 Å². The lowest BCUT2D eigenvalue weighted by atomic mass is 9.82. The van der Waals surface area contributed by atoms with E-state index in [-0.39, 0.29) is 30.2 Å². The van der Waals surface area contributed by atoms with E-state index in [2.05, 4.69) is 5.32 Å². The molecule has 2 N–H and O–H groups in total. The highest BCUT2D eigenvalue weighted by Crippen LogP contribution is 2.47. The monoisotopic (exact) mass is 474 g/mol. The number of carbonyl (C=O) groups is 4. The molecule has 3 atom stereocenters. The summed E-state index contributed by atoms with van der Waals surface area (Å²) in [5, 5.41) is 12.5. The maximum atomic E-state index is 13.0. The fraction of sp³-hybridized carbons (Fsp3) is 0.500. The van der Waals surface area contributed by atoms with E-state index in [1.54, 1.807) is 52.0 Å². The van der Waals surface area contributed by atoms with E-state index < -0.39 is 36.2 Å². The molecule has 0 aromatic heterocycles. The van der Waals surface area contributed by atoms with Gasteiger partial charge in [0.15, 0.2) is 6.61 Å². The molecule has 10 heteroatoms. The summed E-state index contributed by atoms with van der Waals surface area (Å²) in [6.45, 7) is 5.86. The van der Waals surface area contributed by atoms with Crippen molar-refractivity contribution in [2.24, 2.45) is 11.3 Å². The number of rotatable bonds is 8. The van der Waals surface area contributed by atoms with Crippen molar-refractivity contribution in [2.45, 2.75) is 46.3 Å². The molecule has 1 saturated heterocycles. The van der Waals surface area contributed by atoms with Gasteiger partial charge in [-0.2, -0.15) is 0 Å². The molecule has 34 heavy (non-hydrogen) atoms. The second-order valence-electron chi connectivity index (χ2n) is 9.29. The van der Waals surface area contributed by atoms with Crippen molar-refractivity contribution in [3.8, 4) is 5.75 Å². The molecule has 0 unspecified atom stereocenters. The molecular weight excluding hydrogens is 444 g/mol. The van der Waals surface area contributed by atoms with E-state index in [0.29, 0.717) is 23.3 Å². The van der Waals surface area contributed by atoms with Crippen LogP contribution in [0.15, 0.2) is 30.0 Å². The Morgan fingerprint density at radius 2 is 1.82 bits per heavy atom. The summed E-state index contributed by atoms with van der Waals surface area (Å²) >= 11 is 0. The molecule has 0 bridgehead atoms. The first kappa shape index (κ1) is 25.2. The summed E-state index contributed by atoms with van der Waals surface area (Å²) in [4.78, 5) is 50.3. The van der Waals surface area contributed by atoms with Gasteiger partial charge in [0.05, 0.1) is 23.5 Å². The fourth-order valence-electron chi connectivity index (χ4n) is 3.91. The molecule has 0 aliphatic carbocycles. The van der Waals surface area contributed by atoms with E-state index in [1.165, 1.54) is 11.9 Å². The van der Waals surface area contributed by atoms with Gasteiger partial charge in [-0.25, -0.2) is 4.79 Å². The number of hydrogen-bond donors (Lipinski definition) is 2. The predicted molar refractivity (Wildman–Crippen MR) is 120 cm³/mol. The summed E-state index contributed by atoms with van der Waals surface area (Å²) in [6, 6.07) is 6.38. The fourth-order valence-corrected chi connectivity index (χ4v) is 3.91. The van der Waals surface area contributed by atoms with Gasteiger partial charge in [-0.1, -0.05) is 12.1 Å². The van der Waals surface area contributed by atoms with Gasteiger partial charge in [0.25, 0.3) is 5.91 Å². The van der Waals surface area contributed by atoms with Crippen LogP contribution in [0, 0.1) is 11.3 Å². The van der Waals surface area contributed by atoms with Crippen LogP contribution in [0.2, 0.25) is 0 Å². The SMILES string of the molecule is CNC(=O)COc1ccc(C2=C(C(=O)OCOC(=O)C(C)(C)C)N3C(=O)[C@H]([C@@H](C)O)[C@H]3C2)cc1. The zero-order chi connectivity index (χ0) is 25.2. The number of nitrogens with zero attached hydrogens (tertiary/aromatic N) is 1. The van der Waals surface area contributed by atoms with E-state index in [9.17, 15) is 24.3 Å².